The van der Waals surface area contributed by atoms with Crippen molar-refractivity contribution >= 4 is 10.9 Å². The van der Waals surface area contributed by atoms with E-state index in [1.165, 1.54) is 38.9 Å². The van der Waals surface area contributed by atoms with Crippen molar-refractivity contribution in [2.75, 3.05) is 13.2 Å². The van der Waals surface area contributed by atoms with Crippen molar-refractivity contribution in [3.63, 3.8) is 0 Å². The Morgan fingerprint density at radius 1 is 1.00 bits per heavy atom. The number of rotatable bonds is 9. The number of benzene rings is 2. The van der Waals surface area contributed by atoms with Crippen LogP contribution in [-0.4, -0.2) is 18.1 Å². The van der Waals surface area contributed by atoms with Crippen molar-refractivity contribution in [2.24, 2.45) is 5.73 Å². The molecule has 27 heavy (non-hydrogen) atoms. The van der Waals surface area contributed by atoms with Gasteiger partial charge >= 0.3 is 0 Å². The number of unbranched alkanes of at least 4 members (excludes halogenated alkanes) is 2. The second-order valence-corrected chi connectivity index (χ2v) is 7.46. The second-order valence-electron chi connectivity index (χ2n) is 7.46. The molecule has 0 amide bonds. The Labute approximate surface area is 162 Å². The third-order valence-corrected chi connectivity index (χ3v) is 5.13. The third-order valence-electron chi connectivity index (χ3n) is 5.13. The predicted octanol–water partition coefficient (Wildman–Crippen LogP) is 5.91. The SMILES string of the molecule is CCCCOc1ccc(-c2[nH]c3cc(C)cc(C)c3c2CCCCN)cc1. The fraction of sp³-hybridized carbons (Fsp3) is 0.417. The molecular formula is C24H32N2O. The van der Waals surface area contributed by atoms with Gasteiger partial charge in [0.15, 0.2) is 0 Å². The normalized spacial score (nSPS) is 11.3. The Kier molecular flexibility index (Phi) is 6.57. The lowest BCUT2D eigenvalue weighted by atomic mass is 9.97. The van der Waals surface area contributed by atoms with Gasteiger partial charge in [0, 0.05) is 16.6 Å². The molecule has 0 unspecified atom stereocenters. The molecule has 0 spiro atoms. The van der Waals surface area contributed by atoms with Crippen LogP contribution in [-0.2, 0) is 6.42 Å². The van der Waals surface area contributed by atoms with Crippen molar-refractivity contribution in [2.45, 2.75) is 52.9 Å². The highest BCUT2D eigenvalue weighted by Crippen LogP contribution is 2.34. The van der Waals surface area contributed by atoms with Crippen LogP contribution in [0.3, 0.4) is 0 Å². The lowest BCUT2D eigenvalue weighted by Crippen LogP contribution is -1.99. The molecule has 3 nitrogen and oxygen atoms in total. The molecule has 0 aliphatic carbocycles. The summed E-state index contributed by atoms with van der Waals surface area (Å²) in [6.45, 7) is 8.08. The minimum Gasteiger partial charge on any atom is -0.494 e. The lowest BCUT2D eigenvalue weighted by molar-refractivity contribution is 0.309. The van der Waals surface area contributed by atoms with Gasteiger partial charge in [0.25, 0.3) is 0 Å². The highest BCUT2D eigenvalue weighted by molar-refractivity contribution is 5.93. The van der Waals surface area contributed by atoms with Crippen molar-refractivity contribution in [1.82, 2.24) is 4.98 Å². The molecule has 0 aliphatic rings. The lowest BCUT2D eigenvalue weighted by Gasteiger charge is -2.09. The van der Waals surface area contributed by atoms with E-state index in [-0.39, 0.29) is 0 Å². The molecule has 1 heterocycles. The zero-order valence-corrected chi connectivity index (χ0v) is 16.9. The van der Waals surface area contributed by atoms with Gasteiger partial charge in [-0.05, 0) is 98.7 Å². The van der Waals surface area contributed by atoms with Crippen LogP contribution in [0.2, 0.25) is 0 Å². The van der Waals surface area contributed by atoms with Crippen LogP contribution >= 0.6 is 0 Å². The molecule has 0 aliphatic heterocycles. The fourth-order valence-electron chi connectivity index (χ4n) is 3.80. The van der Waals surface area contributed by atoms with Gasteiger partial charge in [-0.15, -0.1) is 0 Å². The van der Waals surface area contributed by atoms with Crippen LogP contribution in [0.1, 0.15) is 49.3 Å². The summed E-state index contributed by atoms with van der Waals surface area (Å²) in [6.07, 6.45) is 5.46. The van der Waals surface area contributed by atoms with E-state index in [2.05, 4.69) is 62.2 Å². The maximum Gasteiger partial charge on any atom is 0.119 e. The van der Waals surface area contributed by atoms with E-state index in [9.17, 15) is 0 Å². The minimum absolute atomic E-state index is 0.750. The predicted molar refractivity (Wildman–Crippen MR) is 116 cm³/mol. The van der Waals surface area contributed by atoms with E-state index >= 15 is 0 Å². The topological polar surface area (TPSA) is 51.0 Å². The summed E-state index contributed by atoms with van der Waals surface area (Å²) in [5.41, 5.74) is 13.5. The number of ether oxygens (including phenoxy) is 1. The molecular weight excluding hydrogens is 332 g/mol. The van der Waals surface area contributed by atoms with E-state index in [1.54, 1.807) is 0 Å². The Balaban J connectivity index is 1.96. The summed E-state index contributed by atoms with van der Waals surface area (Å²) in [5.74, 6) is 0.944. The number of nitrogens with one attached hydrogen (secondary N) is 1. The molecule has 0 bridgehead atoms. The minimum atomic E-state index is 0.750. The molecule has 0 radical (unpaired) electrons. The van der Waals surface area contributed by atoms with Crippen molar-refractivity contribution in [3.05, 3.63) is 53.1 Å². The van der Waals surface area contributed by atoms with Gasteiger partial charge in [0.05, 0.1) is 6.61 Å². The first-order valence-electron chi connectivity index (χ1n) is 10.2. The average molecular weight is 365 g/mol. The van der Waals surface area contributed by atoms with Crippen LogP contribution in [0.5, 0.6) is 5.75 Å². The molecule has 0 saturated carbocycles. The smallest absolute Gasteiger partial charge is 0.119 e. The van der Waals surface area contributed by atoms with Crippen molar-refractivity contribution in [1.29, 1.82) is 0 Å². The maximum atomic E-state index is 5.82. The van der Waals surface area contributed by atoms with Crippen LogP contribution in [0.15, 0.2) is 36.4 Å². The summed E-state index contributed by atoms with van der Waals surface area (Å²) in [6, 6.07) is 13.0. The maximum absolute atomic E-state index is 5.82. The molecule has 3 rings (SSSR count). The van der Waals surface area contributed by atoms with E-state index in [1.807, 2.05) is 0 Å². The number of aryl methyl sites for hydroxylation is 3. The number of aromatic amines is 1. The van der Waals surface area contributed by atoms with Gasteiger partial charge in [-0.25, -0.2) is 0 Å². The monoisotopic (exact) mass is 364 g/mol. The van der Waals surface area contributed by atoms with Crippen LogP contribution < -0.4 is 10.5 Å². The van der Waals surface area contributed by atoms with Gasteiger partial charge in [-0.1, -0.05) is 19.4 Å². The van der Waals surface area contributed by atoms with Gasteiger partial charge in [-0.2, -0.15) is 0 Å². The number of fused-ring (bicyclic) bond motifs is 1. The number of aromatic nitrogens is 1. The van der Waals surface area contributed by atoms with E-state index in [0.717, 1.165) is 51.0 Å². The molecule has 144 valence electrons. The summed E-state index contributed by atoms with van der Waals surface area (Å²) >= 11 is 0. The molecule has 0 saturated heterocycles. The second kappa shape index (κ2) is 9.09. The first kappa shape index (κ1) is 19.5. The van der Waals surface area contributed by atoms with Gasteiger partial charge in [0.2, 0.25) is 0 Å². The van der Waals surface area contributed by atoms with Crippen LogP contribution in [0.25, 0.3) is 22.2 Å². The molecule has 3 heteroatoms. The zero-order chi connectivity index (χ0) is 19.2. The third kappa shape index (κ3) is 4.54. The summed E-state index contributed by atoms with van der Waals surface area (Å²) in [7, 11) is 0. The van der Waals surface area contributed by atoms with Gasteiger partial charge in [-0.3, -0.25) is 0 Å². The van der Waals surface area contributed by atoms with E-state index < -0.39 is 0 Å². The zero-order valence-electron chi connectivity index (χ0n) is 16.9. The van der Waals surface area contributed by atoms with Gasteiger partial charge < -0.3 is 15.5 Å². The molecule has 0 fully saturated rings. The van der Waals surface area contributed by atoms with Crippen LogP contribution in [0, 0.1) is 13.8 Å². The first-order valence-corrected chi connectivity index (χ1v) is 10.2. The number of nitrogens with two attached hydrogens (primary N) is 1. The quantitative estimate of drug-likeness (QED) is 0.464. The average Bonchev–Trinajstić information content (AvgIpc) is 3.01. The standard InChI is InChI=1S/C24H32N2O/c1-4-5-14-27-20-11-9-19(10-12-20)24-21(8-6-7-13-25)23-18(3)15-17(2)16-22(23)26-24/h9-12,15-16,26H,4-8,13-14,25H2,1-3H3. The molecule has 1 aromatic heterocycles. The Bertz CT molecular complexity index is 878. The number of H-pyrrole nitrogens is 1. The van der Waals surface area contributed by atoms with E-state index in [4.69, 9.17) is 10.5 Å². The van der Waals surface area contributed by atoms with Crippen LogP contribution in [0.4, 0.5) is 0 Å². The number of hydrogen-bond acceptors (Lipinski definition) is 2. The largest absolute Gasteiger partial charge is 0.494 e. The highest BCUT2D eigenvalue weighted by atomic mass is 16.5. The summed E-state index contributed by atoms with van der Waals surface area (Å²) in [4.78, 5) is 3.69. The Morgan fingerprint density at radius 3 is 2.48 bits per heavy atom. The van der Waals surface area contributed by atoms with Gasteiger partial charge in [0.1, 0.15) is 5.75 Å². The molecule has 3 aromatic rings. The van der Waals surface area contributed by atoms with E-state index in [0.29, 0.717) is 0 Å². The number of hydrogen-bond donors (Lipinski definition) is 2. The summed E-state index contributed by atoms with van der Waals surface area (Å²) < 4.78 is 5.82. The summed E-state index contributed by atoms with van der Waals surface area (Å²) in [5, 5.41) is 1.37. The first-order chi connectivity index (χ1) is 13.1. The molecule has 2 aromatic carbocycles. The molecule has 0 atom stereocenters. The van der Waals surface area contributed by atoms with Crippen molar-refractivity contribution < 1.29 is 4.74 Å². The molecule has 3 N–H and O–H groups in total. The Morgan fingerprint density at radius 2 is 1.78 bits per heavy atom. The van der Waals surface area contributed by atoms with Crippen molar-refractivity contribution in [3.8, 4) is 17.0 Å². The highest BCUT2D eigenvalue weighted by Gasteiger charge is 2.15. The fourth-order valence-corrected chi connectivity index (χ4v) is 3.80. The Hall–Kier alpha value is -2.26.